The molecule has 0 aliphatic rings. The lowest BCUT2D eigenvalue weighted by Crippen LogP contribution is -2.01. The summed E-state index contributed by atoms with van der Waals surface area (Å²) in [6.07, 6.45) is -0.300. The molecule has 0 aromatic heterocycles. The van der Waals surface area contributed by atoms with Gasteiger partial charge in [-0.25, -0.2) is 4.39 Å². The van der Waals surface area contributed by atoms with Gasteiger partial charge in [0.15, 0.2) is 0 Å². The Kier molecular flexibility index (Phi) is 3.23. The summed E-state index contributed by atoms with van der Waals surface area (Å²) in [4.78, 5) is 0. The van der Waals surface area contributed by atoms with Crippen molar-refractivity contribution in [3.05, 3.63) is 35.4 Å². The van der Waals surface area contributed by atoms with E-state index >= 15 is 0 Å². The van der Waals surface area contributed by atoms with Crippen LogP contribution in [-0.2, 0) is 13.0 Å². The van der Waals surface area contributed by atoms with E-state index in [2.05, 4.69) is 0 Å². The Bertz CT molecular complexity index is 245. The summed E-state index contributed by atoms with van der Waals surface area (Å²) in [5.74, 6) is 0. The fourth-order valence-corrected chi connectivity index (χ4v) is 1.21. The van der Waals surface area contributed by atoms with Gasteiger partial charge in [-0.15, -0.1) is 0 Å². The third-order valence-electron chi connectivity index (χ3n) is 1.74. The van der Waals surface area contributed by atoms with Crippen molar-refractivity contribution in [1.29, 1.82) is 0 Å². The average molecular weight is 167 g/mol. The molecular formula is C10H14FN. The van der Waals surface area contributed by atoms with Crippen molar-refractivity contribution in [3.8, 4) is 0 Å². The Labute approximate surface area is 72.4 Å². The number of hydrogen-bond donors (Lipinski definition) is 1. The van der Waals surface area contributed by atoms with Crippen LogP contribution in [0.3, 0.4) is 0 Å². The second-order valence-corrected chi connectivity index (χ2v) is 3.01. The Hall–Kier alpha value is -0.890. The Morgan fingerprint density at radius 2 is 2.08 bits per heavy atom. The van der Waals surface area contributed by atoms with E-state index in [4.69, 9.17) is 5.73 Å². The van der Waals surface area contributed by atoms with Crippen LogP contribution in [0.1, 0.15) is 18.1 Å². The largest absolute Gasteiger partial charge is 0.326 e. The molecule has 0 radical (unpaired) electrons. The first-order chi connectivity index (χ1) is 5.72. The summed E-state index contributed by atoms with van der Waals surface area (Å²) in [5, 5.41) is 0. The standard InChI is InChI=1S/C10H14FN/c1-8(11)5-9-3-2-4-10(6-9)7-12/h2-4,6,8H,5,7,12H2,1H3. The van der Waals surface area contributed by atoms with Gasteiger partial charge in [0.25, 0.3) is 0 Å². The van der Waals surface area contributed by atoms with Gasteiger partial charge in [0.2, 0.25) is 0 Å². The minimum absolute atomic E-state index is 0.480. The van der Waals surface area contributed by atoms with E-state index in [1.165, 1.54) is 0 Å². The highest BCUT2D eigenvalue weighted by Crippen LogP contribution is 2.08. The molecule has 1 atom stereocenters. The predicted molar refractivity (Wildman–Crippen MR) is 48.6 cm³/mol. The third kappa shape index (κ3) is 2.62. The molecule has 0 aliphatic heterocycles. The van der Waals surface area contributed by atoms with Crippen molar-refractivity contribution in [1.82, 2.24) is 0 Å². The SMILES string of the molecule is CC(F)Cc1cccc(CN)c1. The van der Waals surface area contributed by atoms with E-state index in [9.17, 15) is 4.39 Å². The van der Waals surface area contributed by atoms with Crippen molar-refractivity contribution in [2.24, 2.45) is 5.73 Å². The highest BCUT2D eigenvalue weighted by atomic mass is 19.1. The highest BCUT2D eigenvalue weighted by molar-refractivity contribution is 5.23. The topological polar surface area (TPSA) is 26.0 Å². The van der Waals surface area contributed by atoms with E-state index in [1.807, 2.05) is 24.3 Å². The molecule has 66 valence electrons. The monoisotopic (exact) mass is 167 g/mol. The zero-order valence-corrected chi connectivity index (χ0v) is 7.26. The average Bonchev–Trinajstić information content (AvgIpc) is 2.03. The van der Waals surface area contributed by atoms with Crippen molar-refractivity contribution < 1.29 is 4.39 Å². The maximum absolute atomic E-state index is 12.6. The summed E-state index contributed by atoms with van der Waals surface area (Å²) < 4.78 is 12.6. The molecule has 1 unspecified atom stereocenters. The normalized spacial score (nSPS) is 12.9. The first kappa shape index (κ1) is 9.20. The quantitative estimate of drug-likeness (QED) is 0.732. The van der Waals surface area contributed by atoms with Crippen LogP contribution in [0.25, 0.3) is 0 Å². The lowest BCUT2D eigenvalue weighted by Gasteiger charge is -2.03. The molecule has 0 saturated heterocycles. The smallest absolute Gasteiger partial charge is 0.101 e. The zero-order chi connectivity index (χ0) is 8.97. The number of alkyl halides is 1. The van der Waals surface area contributed by atoms with Gasteiger partial charge in [-0.1, -0.05) is 24.3 Å². The van der Waals surface area contributed by atoms with Crippen molar-refractivity contribution in [3.63, 3.8) is 0 Å². The lowest BCUT2D eigenvalue weighted by molar-refractivity contribution is 0.360. The fourth-order valence-electron chi connectivity index (χ4n) is 1.21. The van der Waals surface area contributed by atoms with E-state index in [1.54, 1.807) is 6.92 Å². The third-order valence-corrected chi connectivity index (χ3v) is 1.74. The van der Waals surface area contributed by atoms with E-state index in [0.717, 1.165) is 11.1 Å². The van der Waals surface area contributed by atoms with Crippen LogP contribution in [0.4, 0.5) is 4.39 Å². The summed E-state index contributed by atoms with van der Waals surface area (Å²) in [5.41, 5.74) is 7.54. The Balaban J connectivity index is 2.72. The van der Waals surface area contributed by atoms with Gasteiger partial charge in [0, 0.05) is 13.0 Å². The highest BCUT2D eigenvalue weighted by Gasteiger charge is 2.00. The molecule has 12 heavy (non-hydrogen) atoms. The molecule has 1 nitrogen and oxygen atoms in total. The van der Waals surface area contributed by atoms with Gasteiger partial charge >= 0.3 is 0 Å². The van der Waals surface area contributed by atoms with Crippen LogP contribution in [0.15, 0.2) is 24.3 Å². The van der Waals surface area contributed by atoms with Gasteiger partial charge in [-0.2, -0.15) is 0 Å². The molecule has 0 heterocycles. The molecule has 0 aliphatic carbocycles. The molecule has 1 rings (SSSR count). The second-order valence-electron chi connectivity index (χ2n) is 3.01. The van der Waals surface area contributed by atoms with Crippen LogP contribution in [0.5, 0.6) is 0 Å². The van der Waals surface area contributed by atoms with Crippen molar-refractivity contribution in [2.45, 2.75) is 26.1 Å². The Morgan fingerprint density at radius 3 is 2.67 bits per heavy atom. The summed E-state index contributed by atoms with van der Waals surface area (Å²) in [6, 6.07) is 7.75. The number of halogens is 1. The molecule has 0 spiro atoms. The lowest BCUT2D eigenvalue weighted by atomic mass is 10.1. The maximum Gasteiger partial charge on any atom is 0.101 e. The molecular weight excluding hydrogens is 153 g/mol. The molecule has 2 N–H and O–H groups in total. The zero-order valence-electron chi connectivity index (χ0n) is 7.26. The summed E-state index contributed by atoms with van der Waals surface area (Å²) >= 11 is 0. The summed E-state index contributed by atoms with van der Waals surface area (Å²) in [7, 11) is 0. The van der Waals surface area contributed by atoms with Crippen molar-refractivity contribution >= 4 is 0 Å². The second kappa shape index (κ2) is 4.21. The van der Waals surface area contributed by atoms with Crippen LogP contribution >= 0.6 is 0 Å². The number of hydrogen-bond acceptors (Lipinski definition) is 1. The molecule has 0 saturated carbocycles. The Morgan fingerprint density at radius 1 is 1.42 bits per heavy atom. The van der Waals surface area contributed by atoms with Crippen LogP contribution in [0, 0.1) is 0 Å². The number of nitrogens with two attached hydrogens (primary N) is 1. The number of benzene rings is 1. The molecule has 0 bridgehead atoms. The molecule has 1 aromatic rings. The van der Waals surface area contributed by atoms with Crippen LogP contribution in [0.2, 0.25) is 0 Å². The van der Waals surface area contributed by atoms with Crippen molar-refractivity contribution in [2.75, 3.05) is 0 Å². The minimum atomic E-state index is -0.780. The van der Waals surface area contributed by atoms with Crippen LogP contribution < -0.4 is 5.73 Å². The molecule has 0 fully saturated rings. The van der Waals surface area contributed by atoms with Crippen LogP contribution in [-0.4, -0.2) is 6.17 Å². The van der Waals surface area contributed by atoms with Gasteiger partial charge < -0.3 is 5.73 Å². The first-order valence-corrected chi connectivity index (χ1v) is 4.14. The first-order valence-electron chi connectivity index (χ1n) is 4.14. The van der Waals surface area contributed by atoms with Gasteiger partial charge in [0.05, 0.1) is 0 Å². The minimum Gasteiger partial charge on any atom is -0.326 e. The number of rotatable bonds is 3. The van der Waals surface area contributed by atoms with Gasteiger partial charge in [-0.05, 0) is 18.1 Å². The maximum atomic E-state index is 12.6. The summed E-state index contributed by atoms with van der Waals surface area (Å²) in [6.45, 7) is 2.09. The van der Waals surface area contributed by atoms with Gasteiger partial charge in [0.1, 0.15) is 6.17 Å². The fraction of sp³-hybridized carbons (Fsp3) is 0.400. The van der Waals surface area contributed by atoms with E-state index in [-0.39, 0.29) is 0 Å². The van der Waals surface area contributed by atoms with E-state index < -0.39 is 6.17 Å². The predicted octanol–water partition coefficient (Wildman–Crippen LogP) is 2.05. The molecule has 0 amide bonds. The van der Waals surface area contributed by atoms with Gasteiger partial charge in [-0.3, -0.25) is 0 Å². The van der Waals surface area contributed by atoms with E-state index in [0.29, 0.717) is 13.0 Å². The molecule has 1 aromatic carbocycles. The molecule has 2 heteroatoms.